The van der Waals surface area contributed by atoms with Crippen molar-refractivity contribution in [3.8, 4) is 5.75 Å². The number of nitrogens with one attached hydrogen (secondary N) is 1. The molecule has 2 N–H and O–H groups in total. The third-order valence-electron chi connectivity index (χ3n) is 7.58. The summed E-state index contributed by atoms with van der Waals surface area (Å²) in [5.41, 5.74) is 3.57. The molecule has 1 saturated heterocycles. The number of aromatic nitrogens is 1. The Morgan fingerprint density at radius 3 is 2.34 bits per heavy atom. The van der Waals surface area contributed by atoms with Gasteiger partial charge in [0.15, 0.2) is 0 Å². The molecule has 0 unspecified atom stereocenters. The zero-order valence-corrected chi connectivity index (χ0v) is 23.3. The maximum absolute atomic E-state index is 13.4. The SMILES string of the molecule is COc1ccc2[nH]cc(CCN3C(=O)C(=O)C(=C(O)c4ccc([N+](=O)[O-])cc4)[C@H]3c3ccc(C(C)(C)C)cc3)c2c1. The molecule has 5 rings (SSSR count). The van der Waals surface area contributed by atoms with Crippen molar-refractivity contribution >= 4 is 34.0 Å². The van der Waals surface area contributed by atoms with Crippen molar-refractivity contribution in [2.24, 2.45) is 0 Å². The van der Waals surface area contributed by atoms with Crippen molar-refractivity contribution in [1.82, 2.24) is 9.88 Å². The first-order chi connectivity index (χ1) is 19.5. The van der Waals surface area contributed by atoms with Gasteiger partial charge in [-0.3, -0.25) is 19.7 Å². The highest BCUT2D eigenvalue weighted by atomic mass is 16.6. The first-order valence-corrected chi connectivity index (χ1v) is 13.3. The largest absolute Gasteiger partial charge is 0.507 e. The predicted molar refractivity (Wildman–Crippen MR) is 156 cm³/mol. The Bertz CT molecular complexity index is 1680. The number of Topliss-reactive ketones (excluding diaryl/α,β-unsaturated/α-hetero) is 1. The van der Waals surface area contributed by atoms with Crippen LogP contribution < -0.4 is 4.74 Å². The van der Waals surface area contributed by atoms with Crippen LogP contribution in [-0.2, 0) is 21.4 Å². The maximum Gasteiger partial charge on any atom is 0.295 e. The van der Waals surface area contributed by atoms with Gasteiger partial charge in [0, 0.05) is 41.3 Å². The summed E-state index contributed by atoms with van der Waals surface area (Å²) >= 11 is 0. The van der Waals surface area contributed by atoms with Crippen molar-refractivity contribution in [3.05, 3.63) is 111 Å². The molecule has 0 aliphatic carbocycles. The summed E-state index contributed by atoms with van der Waals surface area (Å²) in [6.07, 6.45) is 2.33. The molecule has 1 amide bonds. The molecule has 0 radical (unpaired) electrons. The lowest BCUT2D eigenvalue weighted by molar-refractivity contribution is -0.384. The molecule has 1 aliphatic rings. The highest BCUT2D eigenvalue weighted by Crippen LogP contribution is 2.40. The van der Waals surface area contributed by atoms with Crippen molar-refractivity contribution < 1.29 is 24.4 Å². The Morgan fingerprint density at radius 1 is 1.05 bits per heavy atom. The standard InChI is InChI=1S/C32H31N3O6/c1-32(2,3)22-9-5-19(6-10-22)28-27(29(36)20-7-11-23(12-8-20)35(39)40)30(37)31(38)34(28)16-15-21-18-33-26-14-13-24(41-4)17-25(21)26/h5-14,17-18,28,33,36H,15-16H2,1-4H3/t28-/m1/s1. The molecule has 0 bridgehead atoms. The van der Waals surface area contributed by atoms with E-state index in [0.717, 1.165) is 22.0 Å². The second-order valence-corrected chi connectivity index (χ2v) is 11.1. The van der Waals surface area contributed by atoms with Gasteiger partial charge < -0.3 is 19.7 Å². The fourth-order valence-corrected chi connectivity index (χ4v) is 5.25. The molecule has 41 heavy (non-hydrogen) atoms. The second-order valence-electron chi connectivity index (χ2n) is 11.1. The van der Waals surface area contributed by atoms with Crippen LogP contribution in [0.15, 0.2) is 78.5 Å². The molecule has 1 aromatic heterocycles. The maximum atomic E-state index is 13.4. The molecule has 210 valence electrons. The lowest BCUT2D eigenvalue weighted by Crippen LogP contribution is -2.31. The Kier molecular flexibility index (Phi) is 7.13. The van der Waals surface area contributed by atoms with Gasteiger partial charge in [0.05, 0.1) is 23.6 Å². The van der Waals surface area contributed by atoms with Crippen LogP contribution >= 0.6 is 0 Å². The van der Waals surface area contributed by atoms with Gasteiger partial charge >= 0.3 is 0 Å². The van der Waals surface area contributed by atoms with Crippen molar-refractivity contribution in [2.45, 2.75) is 38.6 Å². The lowest BCUT2D eigenvalue weighted by atomic mass is 9.85. The molecule has 9 nitrogen and oxygen atoms in total. The quantitative estimate of drug-likeness (QED) is 0.0944. The van der Waals surface area contributed by atoms with Crippen LogP contribution in [0.5, 0.6) is 5.75 Å². The molecular weight excluding hydrogens is 522 g/mol. The van der Waals surface area contributed by atoms with E-state index < -0.39 is 22.7 Å². The molecule has 2 heterocycles. The number of hydrogen-bond acceptors (Lipinski definition) is 6. The van der Waals surface area contributed by atoms with E-state index >= 15 is 0 Å². The average molecular weight is 554 g/mol. The molecule has 0 spiro atoms. The second kappa shape index (κ2) is 10.6. The fourth-order valence-electron chi connectivity index (χ4n) is 5.25. The average Bonchev–Trinajstić information content (AvgIpc) is 3.48. The third-order valence-corrected chi connectivity index (χ3v) is 7.58. The number of nitrogens with zero attached hydrogens (tertiary/aromatic N) is 2. The monoisotopic (exact) mass is 553 g/mol. The van der Waals surface area contributed by atoms with Crippen LogP contribution in [0, 0.1) is 10.1 Å². The number of rotatable bonds is 7. The number of methoxy groups -OCH3 is 1. The van der Waals surface area contributed by atoms with Crippen molar-refractivity contribution in [1.29, 1.82) is 0 Å². The summed E-state index contributed by atoms with van der Waals surface area (Å²) in [6, 6.07) is 17.8. The summed E-state index contributed by atoms with van der Waals surface area (Å²) in [6.45, 7) is 6.51. The highest BCUT2D eigenvalue weighted by molar-refractivity contribution is 6.46. The Balaban J connectivity index is 1.56. The number of hydrogen-bond donors (Lipinski definition) is 2. The van der Waals surface area contributed by atoms with E-state index in [9.17, 15) is 24.8 Å². The van der Waals surface area contributed by atoms with Crippen LogP contribution in [0.25, 0.3) is 16.7 Å². The molecule has 1 atom stereocenters. The van der Waals surface area contributed by atoms with E-state index in [1.165, 1.54) is 29.2 Å². The van der Waals surface area contributed by atoms with Crippen molar-refractivity contribution in [3.63, 3.8) is 0 Å². The molecule has 1 aliphatic heterocycles. The number of aliphatic hydroxyl groups excluding tert-OH is 1. The van der Waals surface area contributed by atoms with Gasteiger partial charge in [-0.15, -0.1) is 0 Å². The molecule has 1 fully saturated rings. The normalized spacial score (nSPS) is 16.9. The van der Waals surface area contributed by atoms with Gasteiger partial charge in [-0.1, -0.05) is 45.0 Å². The van der Waals surface area contributed by atoms with Gasteiger partial charge in [-0.2, -0.15) is 0 Å². The summed E-state index contributed by atoms with van der Waals surface area (Å²) in [7, 11) is 1.60. The lowest BCUT2D eigenvalue weighted by Gasteiger charge is -2.26. The van der Waals surface area contributed by atoms with Gasteiger partial charge in [0.25, 0.3) is 17.4 Å². The minimum atomic E-state index is -0.834. The smallest absolute Gasteiger partial charge is 0.295 e. The van der Waals surface area contributed by atoms with E-state index in [-0.39, 0.29) is 34.5 Å². The molecular formula is C32H31N3O6. The van der Waals surface area contributed by atoms with Crippen LogP contribution in [0.3, 0.4) is 0 Å². The predicted octanol–water partition coefficient (Wildman–Crippen LogP) is 6.05. The van der Waals surface area contributed by atoms with Gasteiger partial charge in [0.2, 0.25) is 0 Å². The number of carbonyl (C=O) groups is 2. The minimum Gasteiger partial charge on any atom is -0.507 e. The third kappa shape index (κ3) is 5.18. The van der Waals surface area contributed by atoms with E-state index in [2.05, 4.69) is 25.8 Å². The summed E-state index contributed by atoms with van der Waals surface area (Å²) in [5.74, 6) is -1.18. The summed E-state index contributed by atoms with van der Waals surface area (Å²) in [4.78, 5) is 42.2. The number of fused-ring (bicyclic) bond motifs is 1. The molecule has 3 aromatic carbocycles. The Morgan fingerprint density at radius 2 is 1.73 bits per heavy atom. The topological polar surface area (TPSA) is 126 Å². The number of H-pyrrole nitrogens is 1. The highest BCUT2D eigenvalue weighted by Gasteiger charge is 2.46. The number of aromatic amines is 1. The van der Waals surface area contributed by atoms with Crippen LogP contribution in [0.4, 0.5) is 5.69 Å². The summed E-state index contributed by atoms with van der Waals surface area (Å²) in [5, 5.41) is 23.4. The number of benzene rings is 3. The zero-order valence-electron chi connectivity index (χ0n) is 23.3. The Labute approximate surface area is 237 Å². The van der Waals surface area contributed by atoms with E-state index in [0.29, 0.717) is 17.7 Å². The van der Waals surface area contributed by atoms with Gasteiger partial charge in [-0.25, -0.2) is 0 Å². The van der Waals surface area contributed by atoms with Gasteiger partial charge in [-0.05, 0) is 58.9 Å². The van der Waals surface area contributed by atoms with Crippen LogP contribution in [-0.4, -0.2) is 45.3 Å². The number of nitro groups is 1. The summed E-state index contributed by atoms with van der Waals surface area (Å²) < 4.78 is 5.37. The fraction of sp³-hybridized carbons (Fsp3) is 0.250. The van der Waals surface area contributed by atoms with E-state index in [1.807, 2.05) is 48.7 Å². The van der Waals surface area contributed by atoms with Gasteiger partial charge in [0.1, 0.15) is 11.5 Å². The first kappa shape index (κ1) is 27.6. The van der Waals surface area contributed by atoms with E-state index in [1.54, 1.807) is 7.11 Å². The number of nitro benzene ring substituents is 1. The number of carbonyl (C=O) groups excluding carboxylic acids is 2. The number of non-ortho nitro benzene ring substituents is 1. The number of likely N-dealkylation sites (tertiary alicyclic amines) is 1. The van der Waals surface area contributed by atoms with Crippen LogP contribution in [0.2, 0.25) is 0 Å². The Hall–Kier alpha value is -4.92. The van der Waals surface area contributed by atoms with Crippen LogP contribution in [0.1, 0.15) is 49.1 Å². The zero-order chi connectivity index (χ0) is 29.5. The van der Waals surface area contributed by atoms with Crippen molar-refractivity contribution in [2.75, 3.05) is 13.7 Å². The number of aliphatic hydroxyl groups is 1. The number of amides is 1. The minimum absolute atomic E-state index is 0.0482. The van der Waals surface area contributed by atoms with E-state index in [4.69, 9.17) is 4.74 Å². The number of ether oxygens (including phenoxy) is 1. The molecule has 9 heteroatoms. The number of ketones is 1. The molecule has 4 aromatic rings. The first-order valence-electron chi connectivity index (χ1n) is 13.3. The molecule has 0 saturated carbocycles.